The van der Waals surface area contributed by atoms with Crippen molar-refractivity contribution < 1.29 is 9.13 Å². The van der Waals surface area contributed by atoms with Crippen LogP contribution in [0.3, 0.4) is 0 Å². The van der Waals surface area contributed by atoms with Crippen LogP contribution < -0.4 is 4.74 Å². The van der Waals surface area contributed by atoms with Gasteiger partial charge >= 0.3 is 0 Å². The molecule has 1 aromatic heterocycles. The summed E-state index contributed by atoms with van der Waals surface area (Å²) in [7, 11) is 0. The SMILES string of the molecule is Cc1cnc(Cl)nc1OCc1ccccc1F. The Kier molecular flexibility index (Phi) is 3.54. The highest BCUT2D eigenvalue weighted by atomic mass is 35.5. The molecule has 1 heterocycles. The largest absolute Gasteiger partial charge is 0.472 e. The Balaban J connectivity index is 2.12. The van der Waals surface area contributed by atoms with Crippen molar-refractivity contribution in [3.05, 3.63) is 52.7 Å². The second kappa shape index (κ2) is 5.10. The number of halogens is 2. The highest BCUT2D eigenvalue weighted by molar-refractivity contribution is 6.28. The molecule has 0 spiro atoms. The summed E-state index contributed by atoms with van der Waals surface area (Å²) in [5.74, 6) is 0.0681. The van der Waals surface area contributed by atoms with Gasteiger partial charge in [0.25, 0.3) is 0 Å². The van der Waals surface area contributed by atoms with E-state index in [0.717, 1.165) is 5.56 Å². The van der Waals surface area contributed by atoms with Crippen LogP contribution in [0, 0.1) is 12.7 Å². The van der Waals surface area contributed by atoms with Gasteiger partial charge in [0.05, 0.1) is 0 Å². The molecule has 0 aliphatic heterocycles. The average Bonchev–Trinajstić information content (AvgIpc) is 2.32. The van der Waals surface area contributed by atoms with E-state index in [-0.39, 0.29) is 17.7 Å². The first kappa shape index (κ1) is 11.8. The minimum Gasteiger partial charge on any atom is -0.472 e. The minimum absolute atomic E-state index is 0.110. The molecule has 1 aromatic carbocycles. The quantitative estimate of drug-likeness (QED) is 0.787. The van der Waals surface area contributed by atoms with Crippen molar-refractivity contribution >= 4 is 11.6 Å². The highest BCUT2D eigenvalue weighted by Gasteiger charge is 2.06. The molecule has 0 saturated carbocycles. The summed E-state index contributed by atoms with van der Waals surface area (Å²) in [4.78, 5) is 7.74. The fourth-order valence-electron chi connectivity index (χ4n) is 1.31. The van der Waals surface area contributed by atoms with Crippen LogP contribution >= 0.6 is 11.6 Å². The molecule has 0 saturated heterocycles. The fraction of sp³-hybridized carbons (Fsp3) is 0.167. The average molecular weight is 253 g/mol. The van der Waals surface area contributed by atoms with Crippen LogP contribution in [0.1, 0.15) is 11.1 Å². The first-order valence-electron chi connectivity index (χ1n) is 5.02. The first-order valence-corrected chi connectivity index (χ1v) is 5.40. The van der Waals surface area contributed by atoms with Gasteiger partial charge in [0.2, 0.25) is 11.2 Å². The molecule has 0 radical (unpaired) electrons. The molecule has 0 amide bonds. The Labute approximate surface area is 103 Å². The number of aromatic nitrogens is 2. The third-order valence-electron chi connectivity index (χ3n) is 2.22. The van der Waals surface area contributed by atoms with Gasteiger partial charge in [0, 0.05) is 17.3 Å². The number of hydrogen-bond acceptors (Lipinski definition) is 3. The summed E-state index contributed by atoms with van der Waals surface area (Å²) >= 11 is 5.65. The van der Waals surface area contributed by atoms with Crippen molar-refractivity contribution in [3.63, 3.8) is 0 Å². The van der Waals surface area contributed by atoms with E-state index in [1.807, 2.05) is 0 Å². The molecule has 0 fully saturated rings. The fourth-order valence-corrected chi connectivity index (χ4v) is 1.44. The van der Waals surface area contributed by atoms with E-state index in [2.05, 4.69) is 9.97 Å². The van der Waals surface area contributed by atoms with Crippen LogP contribution in [0.25, 0.3) is 0 Å². The van der Waals surface area contributed by atoms with Crippen LogP contribution in [0.2, 0.25) is 5.28 Å². The maximum absolute atomic E-state index is 13.3. The Morgan fingerprint density at radius 3 is 2.88 bits per heavy atom. The molecule has 0 atom stereocenters. The Morgan fingerprint density at radius 2 is 2.12 bits per heavy atom. The van der Waals surface area contributed by atoms with Crippen LogP contribution in [-0.2, 0) is 6.61 Å². The molecule has 2 rings (SSSR count). The molecule has 2 aromatic rings. The lowest BCUT2D eigenvalue weighted by Crippen LogP contribution is -2.02. The van der Waals surface area contributed by atoms with Crippen molar-refractivity contribution in [1.29, 1.82) is 0 Å². The Hall–Kier alpha value is -1.68. The Bertz CT molecular complexity index is 534. The van der Waals surface area contributed by atoms with Gasteiger partial charge in [0.1, 0.15) is 12.4 Å². The molecule has 5 heteroatoms. The summed E-state index contributed by atoms with van der Waals surface area (Å²) in [6, 6.07) is 6.43. The number of nitrogens with zero attached hydrogens (tertiary/aromatic N) is 2. The zero-order valence-electron chi connectivity index (χ0n) is 9.15. The number of rotatable bonds is 3. The second-order valence-corrected chi connectivity index (χ2v) is 3.85. The number of aryl methyl sites for hydroxylation is 1. The third-order valence-corrected chi connectivity index (χ3v) is 2.40. The smallest absolute Gasteiger partial charge is 0.225 e. The van der Waals surface area contributed by atoms with Gasteiger partial charge in [-0.3, -0.25) is 0 Å². The highest BCUT2D eigenvalue weighted by Crippen LogP contribution is 2.17. The molecule has 0 unspecified atom stereocenters. The standard InChI is InChI=1S/C12H10ClFN2O/c1-8-6-15-12(13)16-11(8)17-7-9-4-2-3-5-10(9)14/h2-6H,7H2,1H3. The van der Waals surface area contributed by atoms with Gasteiger partial charge in [-0.05, 0) is 24.6 Å². The summed E-state index contributed by atoms with van der Waals surface area (Å²) in [6.45, 7) is 1.91. The van der Waals surface area contributed by atoms with Crippen molar-refractivity contribution in [2.45, 2.75) is 13.5 Å². The maximum atomic E-state index is 13.3. The lowest BCUT2D eigenvalue weighted by molar-refractivity contribution is 0.285. The van der Waals surface area contributed by atoms with Crippen LogP contribution in [0.4, 0.5) is 4.39 Å². The van der Waals surface area contributed by atoms with E-state index in [0.29, 0.717) is 11.4 Å². The summed E-state index contributed by atoms with van der Waals surface area (Å²) in [5, 5.41) is 0.110. The number of hydrogen-bond donors (Lipinski definition) is 0. The molecular formula is C12H10ClFN2O. The van der Waals surface area contributed by atoms with E-state index in [1.54, 1.807) is 31.3 Å². The molecule has 17 heavy (non-hydrogen) atoms. The van der Waals surface area contributed by atoms with E-state index >= 15 is 0 Å². The zero-order valence-corrected chi connectivity index (χ0v) is 9.91. The van der Waals surface area contributed by atoms with E-state index < -0.39 is 0 Å². The van der Waals surface area contributed by atoms with E-state index in [9.17, 15) is 4.39 Å². The predicted octanol–water partition coefficient (Wildman–Crippen LogP) is 3.16. The van der Waals surface area contributed by atoms with Gasteiger partial charge in [-0.25, -0.2) is 9.37 Å². The molecule has 88 valence electrons. The molecular weight excluding hydrogens is 243 g/mol. The number of benzene rings is 1. The first-order chi connectivity index (χ1) is 8.16. The van der Waals surface area contributed by atoms with E-state index in [1.165, 1.54) is 6.07 Å². The molecule has 0 bridgehead atoms. The summed E-state index contributed by atoms with van der Waals surface area (Å²) in [5.41, 5.74) is 1.23. The van der Waals surface area contributed by atoms with Crippen LogP contribution in [-0.4, -0.2) is 9.97 Å². The molecule has 0 aliphatic carbocycles. The zero-order chi connectivity index (χ0) is 12.3. The Morgan fingerprint density at radius 1 is 1.35 bits per heavy atom. The summed E-state index contributed by atoms with van der Waals surface area (Å²) < 4.78 is 18.7. The molecule has 3 nitrogen and oxygen atoms in total. The van der Waals surface area contributed by atoms with Gasteiger partial charge in [-0.1, -0.05) is 18.2 Å². The molecule has 0 aliphatic rings. The monoisotopic (exact) mass is 252 g/mol. The normalized spacial score (nSPS) is 10.3. The van der Waals surface area contributed by atoms with Gasteiger partial charge < -0.3 is 4.74 Å². The van der Waals surface area contributed by atoms with Gasteiger partial charge in [-0.2, -0.15) is 4.98 Å². The van der Waals surface area contributed by atoms with Gasteiger partial charge in [0.15, 0.2) is 0 Å². The topological polar surface area (TPSA) is 35.0 Å². The van der Waals surface area contributed by atoms with Gasteiger partial charge in [-0.15, -0.1) is 0 Å². The summed E-state index contributed by atoms with van der Waals surface area (Å²) in [6.07, 6.45) is 1.56. The van der Waals surface area contributed by atoms with Crippen LogP contribution in [0.5, 0.6) is 5.88 Å². The van der Waals surface area contributed by atoms with Crippen molar-refractivity contribution in [2.75, 3.05) is 0 Å². The van der Waals surface area contributed by atoms with Crippen molar-refractivity contribution in [2.24, 2.45) is 0 Å². The maximum Gasteiger partial charge on any atom is 0.225 e. The van der Waals surface area contributed by atoms with Crippen molar-refractivity contribution in [1.82, 2.24) is 9.97 Å². The predicted molar refractivity (Wildman–Crippen MR) is 62.5 cm³/mol. The van der Waals surface area contributed by atoms with Crippen LogP contribution in [0.15, 0.2) is 30.5 Å². The van der Waals surface area contributed by atoms with Crippen molar-refractivity contribution in [3.8, 4) is 5.88 Å². The van der Waals surface area contributed by atoms with E-state index in [4.69, 9.17) is 16.3 Å². The number of ether oxygens (including phenoxy) is 1. The lowest BCUT2D eigenvalue weighted by Gasteiger charge is -2.08. The lowest BCUT2D eigenvalue weighted by atomic mass is 10.2. The minimum atomic E-state index is -0.301. The molecule has 0 N–H and O–H groups in total. The second-order valence-electron chi connectivity index (χ2n) is 3.51. The third kappa shape index (κ3) is 2.91.